The van der Waals surface area contributed by atoms with Crippen molar-refractivity contribution in [1.82, 2.24) is 5.32 Å². The average Bonchev–Trinajstić information content (AvgIpc) is 2.76. The van der Waals surface area contributed by atoms with E-state index in [4.69, 9.17) is 27.9 Å². The Morgan fingerprint density at radius 1 is 1.17 bits per heavy atom. The molecule has 2 heterocycles. The predicted molar refractivity (Wildman–Crippen MR) is 108 cm³/mol. The third-order valence-electron chi connectivity index (χ3n) is 5.03. The summed E-state index contributed by atoms with van der Waals surface area (Å²) in [7, 11) is 0. The Labute approximate surface area is 183 Å². The number of nitrogens with zero attached hydrogens (tertiary/aromatic N) is 1. The van der Waals surface area contributed by atoms with E-state index in [2.05, 4.69) is 21.2 Å². The second kappa shape index (κ2) is 7.56. The summed E-state index contributed by atoms with van der Waals surface area (Å²) in [6.45, 7) is 0.562. The van der Waals surface area contributed by atoms with Crippen LogP contribution >= 0.6 is 39.1 Å². The van der Waals surface area contributed by atoms with Crippen LogP contribution in [0, 0.1) is 0 Å². The maximum Gasteiger partial charge on any atom is 0.471 e. The van der Waals surface area contributed by atoms with Crippen LogP contribution in [0.1, 0.15) is 24.4 Å². The number of benzene rings is 2. The zero-order valence-corrected chi connectivity index (χ0v) is 17.8. The number of carbonyl (C=O) groups is 1. The lowest BCUT2D eigenvalue weighted by molar-refractivity contribution is -0.174. The molecule has 0 unspecified atom stereocenters. The van der Waals surface area contributed by atoms with E-state index in [1.807, 2.05) is 4.90 Å². The maximum absolute atomic E-state index is 12.9. The van der Waals surface area contributed by atoms with Crippen LogP contribution in [0.2, 0.25) is 10.0 Å². The molecule has 2 atom stereocenters. The summed E-state index contributed by atoms with van der Waals surface area (Å²) < 4.78 is 45.5. The van der Waals surface area contributed by atoms with Gasteiger partial charge in [-0.05, 0) is 31.0 Å². The minimum absolute atomic E-state index is 0.305. The normalized spacial score (nSPS) is 20.7. The number of hydrogen-bond donors (Lipinski definition) is 1. The van der Waals surface area contributed by atoms with E-state index >= 15 is 0 Å². The van der Waals surface area contributed by atoms with Gasteiger partial charge in [0.15, 0.2) is 5.75 Å². The third-order valence-corrected chi connectivity index (χ3v) is 6.25. The Kier molecular flexibility index (Phi) is 5.38. The van der Waals surface area contributed by atoms with E-state index in [1.165, 1.54) is 0 Å². The fraction of sp³-hybridized carbons (Fsp3) is 0.316. The third kappa shape index (κ3) is 3.90. The van der Waals surface area contributed by atoms with Gasteiger partial charge in [0.25, 0.3) is 0 Å². The quantitative estimate of drug-likeness (QED) is 0.494. The molecule has 1 N–H and O–H groups in total. The molecule has 0 spiro atoms. The average molecular weight is 510 g/mol. The lowest BCUT2D eigenvalue weighted by Gasteiger charge is -2.42. The van der Waals surface area contributed by atoms with E-state index in [0.717, 1.165) is 4.47 Å². The fourth-order valence-corrected chi connectivity index (χ4v) is 4.49. The van der Waals surface area contributed by atoms with Gasteiger partial charge >= 0.3 is 12.1 Å². The largest absolute Gasteiger partial charge is 0.471 e. The minimum atomic E-state index is -4.96. The van der Waals surface area contributed by atoms with E-state index in [1.54, 1.807) is 30.3 Å². The highest BCUT2D eigenvalue weighted by atomic mass is 79.9. The second-order valence-electron chi connectivity index (χ2n) is 6.88. The number of amides is 1. The van der Waals surface area contributed by atoms with E-state index in [0.29, 0.717) is 52.2 Å². The Balaban J connectivity index is 1.85. The summed E-state index contributed by atoms with van der Waals surface area (Å²) in [5.74, 6) is -1.04. The van der Waals surface area contributed by atoms with Crippen molar-refractivity contribution in [3.8, 4) is 11.5 Å². The number of halogens is 6. The van der Waals surface area contributed by atoms with E-state index < -0.39 is 24.2 Å². The molecule has 154 valence electrons. The maximum atomic E-state index is 12.9. The van der Waals surface area contributed by atoms with Crippen LogP contribution in [-0.4, -0.2) is 24.7 Å². The molecule has 0 aliphatic carbocycles. The van der Waals surface area contributed by atoms with E-state index in [-0.39, 0.29) is 0 Å². The van der Waals surface area contributed by atoms with Gasteiger partial charge in [-0.1, -0.05) is 45.2 Å². The van der Waals surface area contributed by atoms with Crippen LogP contribution in [0.15, 0.2) is 34.8 Å². The van der Waals surface area contributed by atoms with Crippen molar-refractivity contribution in [3.63, 3.8) is 0 Å². The molecule has 2 aromatic rings. The SMILES string of the molecule is O=C(N[C@@H]1CCCN2c3cc(Cl)c(Cl)cc3Oc3cc(Br)ccc3[C@@H]12)C(F)(F)F. The highest BCUT2D eigenvalue weighted by molar-refractivity contribution is 9.10. The smallest absolute Gasteiger partial charge is 0.455 e. The summed E-state index contributed by atoms with van der Waals surface area (Å²) in [5.41, 5.74) is 1.28. The van der Waals surface area contributed by atoms with Gasteiger partial charge in [0.2, 0.25) is 0 Å². The highest BCUT2D eigenvalue weighted by Gasteiger charge is 2.44. The second-order valence-corrected chi connectivity index (χ2v) is 8.61. The van der Waals surface area contributed by atoms with Crippen molar-refractivity contribution < 1.29 is 22.7 Å². The van der Waals surface area contributed by atoms with Crippen LogP contribution in [0.3, 0.4) is 0 Å². The summed E-state index contributed by atoms with van der Waals surface area (Å²) in [5, 5.41) is 2.78. The minimum Gasteiger partial charge on any atom is -0.455 e. The molecular weight excluding hydrogens is 496 g/mol. The number of nitrogens with one attached hydrogen (secondary N) is 1. The molecule has 1 fully saturated rings. The molecule has 4 nitrogen and oxygen atoms in total. The number of rotatable bonds is 1. The molecule has 0 bridgehead atoms. The van der Waals surface area contributed by atoms with Gasteiger partial charge < -0.3 is 15.0 Å². The molecule has 0 saturated carbocycles. The summed E-state index contributed by atoms with van der Waals surface area (Å²) in [6, 6.07) is 7.21. The number of carbonyl (C=O) groups excluding carboxylic acids is 1. The van der Waals surface area contributed by atoms with Crippen molar-refractivity contribution in [2.75, 3.05) is 11.4 Å². The lowest BCUT2D eigenvalue weighted by atomic mass is 9.89. The summed E-state index contributed by atoms with van der Waals surface area (Å²) in [4.78, 5) is 13.6. The standard InChI is InChI=1S/C19H14BrCl2F3N2O2/c20-9-3-4-10-15(6-9)29-16-8-12(22)11(21)7-14(16)27-5-1-2-13(17(10)27)26-18(28)19(23,24)25/h3-4,6-8,13,17H,1-2,5H2,(H,26,28)/t13-,17+/m1/s1. The van der Waals surface area contributed by atoms with Gasteiger partial charge in [0, 0.05) is 22.6 Å². The number of hydrogen-bond acceptors (Lipinski definition) is 3. The van der Waals surface area contributed by atoms with Crippen LogP contribution < -0.4 is 15.0 Å². The van der Waals surface area contributed by atoms with Gasteiger partial charge in [0.1, 0.15) is 5.75 Å². The van der Waals surface area contributed by atoms with Gasteiger partial charge in [0.05, 0.1) is 27.8 Å². The first-order valence-corrected chi connectivity index (χ1v) is 10.3. The Morgan fingerprint density at radius 3 is 2.62 bits per heavy atom. The number of anilines is 1. The zero-order valence-electron chi connectivity index (χ0n) is 14.7. The number of fused-ring (bicyclic) bond motifs is 5. The first-order chi connectivity index (χ1) is 13.6. The van der Waals surface area contributed by atoms with E-state index in [9.17, 15) is 18.0 Å². The molecule has 10 heteroatoms. The van der Waals surface area contributed by atoms with Gasteiger partial charge in [-0.3, -0.25) is 4.79 Å². The first-order valence-electron chi connectivity index (χ1n) is 8.76. The van der Waals surface area contributed by atoms with Gasteiger partial charge in [-0.2, -0.15) is 13.2 Å². The molecular formula is C19H14BrCl2F3N2O2. The van der Waals surface area contributed by atoms with Crippen LogP contribution in [0.25, 0.3) is 0 Å². The van der Waals surface area contributed by atoms with Crippen LogP contribution in [-0.2, 0) is 4.79 Å². The van der Waals surface area contributed by atoms with Crippen molar-refractivity contribution >= 4 is 50.7 Å². The number of ether oxygens (including phenoxy) is 1. The molecule has 29 heavy (non-hydrogen) atoms. The monoisotopic (exact) mass is 508 g/mol. The lowest BCUT2D eigenvalue weighted by Crippen LogP contribution is -2.52. The molecule has 4 rings (SSSR count). The van der Waals surface area contributed by atoms with Crippen molar-refractivity contribution in [3.05, 3.63) is 50.4 Å². The molecule has 2 aromatic carbocycles. The summed E-state index contributed by atoms with van der Waals surface area (Å²) >= 11 is 15.8. The van der Waals surface area contributed by atoms with Crippen molar-refractivity contribution in [2.45, 2.75) is 31.1 Å². The Hall–Kier alpha value is -1.64. The molecule has 2 aliphatic heterocycles. The predicted octanol–water partition coefficient (Wildman–Crippen LogP) is 6.25. The molecule has 0 radical (unpaired) electrons. The Bertz CT molecular complexity index is 987. The van der Waals surface area contributed by atoms with Crippen LogP contribution in [0.5, 0.6) is 11.5 Å². The molecule has 1 amide bonds. The number of alkyl halides is 3. The van der Waals surface area contributed by atoms with Crippen LogP contribution in [0.4, 0.5) is 18.9 Å². The topological polar surface area (TPSA) is 41.6 Å². The fourth-order valence-electron chi connectivity index (χ4n) is 3.84. The van der Waals surface area contributed by atoms with Crippen molar-refractivity contribution in [2.24, 2.45) is 0 Å². The highest BCUT2D eigenvalue weighted by Crippen LogP contribution is 2.50. The van der Waals surface area contributed by atoms with Gasteiger partial charge in [-0.15, -0.1) is 0 Å². The molecule has 2 aliphatic rings. The van der Waals surface area contributed by atoms with Gasteiger partial charge in [-0.25, -0.2) is 0 Å². The molecule has 0 aromatic heterocycles. The Morgan fingerprint density at radius 2 is 1.90 bits per heavy atom. The first kappa shape index (κ1) is 20.6. The zero-order chi connectivity index (χ0) is 20.9. The molecule has 1 saturated heterocycles. The summed E-state index contributed by atoms with van der Waals surface area (Å²) in [6.07, 6.45) is -3.97. The number of piperidine rings is 1. The van der Waals surface area contributed by atoms with Crippen molar-refractivity contribution in [1.29, 1.82) is 0 Å².